The van der Waals surface area contributed by atoms with Crippen molar-refractivity contribution in [3.8, 4) is 5.95 Å². The molecule has 1 amide bonds. The normalized spacial score (nSPS) is 12.8. The Kier molecular flexibility index (Phi) is 5.68. The first-order valence-corrected chi connectivity index (χ1v) is 11.2. The number of fused-ring (bicyclic) bond motifs is 2. The number of primary amides is 1. The SMILES string of the molecule is Cc1cc2c(C(N)=O)cccc2n1-c1nc2c(c(NCc3cccc(B(O)O)c3)n1)CCCN2. The number of hydrogen-bond donors (Lipinski definition) is 5. The molecular weight excluding hydrogens is 431 g/mol. The second kappa shape index (κ2) is 8.81. The number of aryl methyl sites for hydroxylation is 1. The molecule has 0 fully saturated rings. The van der Waals surface area contributed by atoms with Crippen LogP contribution in [0.1, 0.15) is 33.6 Å². The van der Waals surface area contributed by atoms with Gasteiger partial charge in [-0.3, -0.25) is 9.36 Å². The van der Waals surface area contributed by atoms with E-state index in [2.05, 4.69) is 10.6 Å². The molecule has 0 spiro atoms. The maximum atomic E-state index is 11.9. The fourth-order valence-electron chi connectivity index (χ4n) is 4.47. The second-order valence-electron chi connectivity index (χ2n) is 8.43. The minimum atomic E-state index is -1.52. The van der Waals surface area contributed by atoms with E-state index in [1.54, 1.807) is 30.3 Å². The van der Waals surface area contributed by atoms with Gasteiger partial charge in [0.2, 0.25) is 11.9 Å². The highest BCUT2D eigenvalue weighted by Crippen LogP contribution is 2.31. The van der Waals surface area contributed by atoms with Gasteiger partial charge in [-0.1, -0.05) is 30.3 Å². The summed E-state index contributed by atoms with van der Waals surface area (Å²) in [6.07, 6.45) is 1.82. The Bertz CT molecular complexity index is 1400. The number of carbonyl (C=O) groups is 1. The van der Waals surface area contributed by atoms with Gasteiger partial charge in [0.05, 0.1) is 5.52 Å². The Morgan fingerprint density at radius 3 is 2.82 bits per heavy atom. The molecule has 0 aliphatic carbocycles. The zero-order valence-electron chi connectivity index (χ0n) is 18.7. The van der Waals surface area contributed by atoms with Crippen LogP contribution in [0.15, 0.2) is 48.5 Å². The van der Waals surface area contributed by atoms with E-state index < -0.39 is 13.0 Å². The number of hydrogen-bond acceptors (Lipinski definition) is 7. The predicted octanol–water partition coefficient (Wildman–Crippen LogP) is 1.48. The van der Waals surface area contributed by atoms with Crippen molar-refractivity contribution in [2.45, 2.75) is 26.3 Å². The van der Waals surface area contributed by atoms with Crippen LogP contribution in [0.2, 0.25) is 0 Å². The molecule has 6 N–H and O–H groups in total. The van der Waals surface area contributed by atoms with Crippen molar-refractivity contribution in [2.75, 3.05) is 17.2 Å². The molecule has 3 heterocycles. The molecule has 34 heavy (non-hydrogen) atoms. The molecule has 9 nitrogen and oxygen atoms in total. The molecule has 0 atom stereocenters. The van der Waals surface area contributed by atoms with Crippen molar-refractivity contribution >= 4 is 41.0 Å². The van der Waals surface area contributed by atoms with E-state index in [0.717, 1.165) is 58.7 Å². The van der Waals surface area contributed by atoms with Gasteiger partial charge in [0, 0.05) is 35.3 Å². The Hall–Kier alpha value is -3.89. The Morgan fingerprint density at radius 2 is 2.03 bits per heavy atom. The lowest BCUT2D eigenvalue weighted by atomic mass is 9.79. The van der Waals surface area contributed by atoms with Gasteiger partial charge < -0.3 is 26.4 Å². The zero-order valence-corrected chi connectivity index (χ0v) is 18.7. The monoisotopic (exact) mass is 456 g/mol. The number of rotatable bonds is 6. The molecule has 172 valence electrons. The molecule has 10 heteroatoms. The third-order valence-corrected chi connectivity index (χ3v) is 6.10. The van der Waals surface area contributed by atoms with Crippen LogP contribution in [0.5, 0.6) is 0 Å². The smallest absolute Gasteiger partial charge is 0.423 e. The summed E-state index contributed by atoms with van der Waals surface area (Å²) in [7, 11) is -1.52. The fourth-order valence-corrected chi connectivity index (χ4v) is 4.47. The lowest BCUT2D eigenvalue weighted by Gasteiger charge is -2.22. The summed E-state index contributed by atoms with van der Waals surface area (Å²) in [6, 6.07) is 14.5. The van der Waals surface area contributed by atoms with E-state index >= 15 is 0 Å². The van der Waals surface area contributed by atoms with Crippen molar-refractivity contribution in [3.05, 3.63) is 70.9 Å². The molecular formula is C24H25BN6O3. The maximum absolute atomic E-state index is 11.9. The van der Waals surface area contributed by atoms with Crippen molar-refractivity contribution in [3.63, 3.8) is 0 Å². The summed E-state index contributed by atoms with van der Waals surface area (Å²) in [4.78, 5) is 21.6. The standard InChI is InChI=1S/C24H25BN6O3/c1-14-11-19-17(21(26)32)7-3-9-20(19)31(14)24-29-22-18(8-4-10-27-22)23(30-24)28-13-15-5-2-6-16(12-15)25(33)34/h2-3,5-7,9,11-12,33-34H,4,8,10,13H2,1H3,(H2,26,32)(H2,27,28,29,30). The summed E-state index contributed by atoms with van der Waals surface area (Å²) in [5.74, 6) is 1.51. The van der Waals surface area contributed by atoms with E-state index in [0.29, 0.717) is 23.5 Å². The topological polar surface area (TPSA) is 138 Å². The lowest BCUT2D eigenvalue weighted by Crippen LogP contribution is -2.30. The van der Waals surface area contributed by atoms with E-state index in [9.17, 15) is 14.8 Å². The number of nitrogens with one attached hydrogen (secondary N) is 2. The predicted molar refractivity (Wildman–Crippen MR) is 133 cm³/mol. The summed E-state index contributed by atoms with van der Waals surface area (Å²) >= 11 is 0. The van der Waals surface area contributed by atoms with Gasteiger partial charge in [0.1, 0.15) is 11.6 Å². The highest BCUT2D eigenvalue weighted by Gasteiger charge is 2.21. The van der Waals surface area contributed by atoms with E-state index in [1.807, 2.05) is 29.7 Å². The van der Waals surface area contributed by atoms with Gasteiger partial charge in [0.25, 0.3) is 0 Å². The van der Waals surface area contributed by atoms with Crippen LogP contribution >= 0.6 is 0 Å². The minimum absolute atomic E-state index is 0.436. The largest absolute Gasteiger partial charge is 0.488 e. The summed E-state index contributed by atoms with van der Waals surface area (Å²) in [5.41, 5.74) is 10.1. The number of anilines is 2. The first kappa shape index (κ1) is 21.9. The van der Waals surface area contributed by atoms with Crippen LogP contribution < -0.4 is 21.8 Å². The van der Waals surface area contributed by atoms with Crippen molar-refractivity contribution in [1.29, 1.82) is 0 Å². The highest BCUT2D eigenvalue weighted by molar-refractivity contribution is 6.58. The Morgan fingerprint density at radius 1 is 1.21 bits per heavy atom. The number of benzene rings is 2. The van der Waals surface area contributed by atoms with Crippen molar-refractivity contribution < 1.29 is 14.8 Å². The van der Waals surface area contributed by atoms with E-state index in [-0.39, 0.29) is 0 Å². The van der Waals surface area contributed by atoms with Crippen LogP contribution in [0.25, 0.3) is 16.9 Å². The summed E-state index contributed by atoms with van der Waals surface area (Å²) in [5, 5.41) is 26.5. The molecule has 0 radical (unpaired) electrons. The number of nitrogens with two attached hydrogens (primary N) is 1. The first-order chi connectivity index (χ1) is 16.4. The van der Waals surface area contributed by atoms with E-state index in [1.165, 1.54) is 0 Å². The van der Waals surface area contributed by atoms with Crippen LogP contribution in [-0.2, 0) is 13.0 Å². The van der Waals surface area contributed by atoms with Gasteiger partial charge in [-0.05, 0) is 49.0 Å². The maximum Gasteiger partial charge on any atom is 0.488 e. The van der Waals surface area contributed by atoms with Gasteiger partial charge in [-0.2, -0.15) is 9.97 Å². The molecule has 1 aliphatic rings. The first-order valence-electron chi connectivity index (χ1n) is 11.2. The Labute approximate surface area is 196 Å². The van der Waals surface area contributed by atoms with Gasteiger partial charge in [-0.15, -0.1) is 0 Å². The average molecular weight is 456 g/mol. The second-order valence-corrected chi connectivity index (χ2v) is 8.43. The zero-order chi connectivity index (χ0) is 23.8. The van der Waals surface area contributed by atoms with Gasteiger partial charge in [-0.25, -0.2) is 0 Å². The Balaban J connectivity index is 1.57. The molecule has 5 rings (SSSR count). The third-order valence-electron chi connectivity index (χ3n) is 6.10. The molecule has 2 aromatic carbocycles. The average Bonchev–Trinajstić information content (AvgIpc) is 3.18. The molecule has 4 aromatic rings. The molecule has 0 bridgehead atoms. The van der Waals surface area contributed by atoms with Crippen molar-refractivity contribution in [2.24, 2.45) is 5.73 Å². The number of amides is 1. The number of aromatic nitrogens is 3. The van der Waals surface area contributed by atoms with Gasteiger partial charge >= 0.3 is 7.12 Å². The molecule has 0 unspecified atom stereocenters. The summed E-state index contributed by atoms with van der Waals surface area (Å²) in [6.45, 7) is 3.23. The molecule has 0 saturated carbocycles. The molecule has 0 saturated heterocycles. The lowest BCUT2D eigenvalue weighted by molar-refractivity contribution is 0.100. The van der Waals surface area contributed by atoms with E-state index in [4.69, 9.17) is 15.7 Å². The van der Waals surface area contributed by atoms with Crippen LogP contribution in [0.4, 0.5) is 11.6 Å². The summed E-state index contributed by atoms with van der Waals surface area (Å²) < 4.78 is 1.92. The van der Waals surface area contributed by atoms with Crippen LogP contribution in [0, 0.1) is 6.92 Å². The van der Waals surface area contributed by atoms with Crippen molar-refractivity contribution in [1.82, 2.24) is 14.5 Å². The number of nitrogens with zero attached hydrogens (tertiary/aromatic N) is 3. The van der Waals surface area contributed by atoms with Crippen LogP contribution in [0.3, 0.4) is 0 Å². The highest BCUT2D eigenvalue weighted by atomic mass is 16.4. The minimum Gasteiger partial charge on any atom is -0.423 e. The number of carbonyl (C=O) groups excluding carboxylic acids is 1. The van der Waals surface area contributed by atoms with Crippen LogP contribution in [-0.4, -0.2) is 44.2 Å². The molecule has 1 aliphatic heterocycles. The quantitative estimate of drug-likeness (QED) is 0.277. The molecule has 2 aromatic heterocycles. The van der Waals surface area contributed by atoms with Gasteiger partial charge in [0.15, 0.2) is 0 Å². The fraction of sp³-hybridized carbons (Fsp3) is 0.208. The third kappa shape index (κ3) is 3.97.